The largest absolute Gasteiger partial charge is 0.462 e. The van der Waals surface area contributed by atoms with Gasteiger partial charge in [0.1, 0.15) is 5.00 Å². The maximum atomic E-state index is 13.8. The highest BCUT2D eigenvalue weighted by molar-refractivity contribution is 7.17. The molecule has 1 N–H and O–H groups in total. The van der Waals surface area contributed by atoms with Crippen molar-refractivity contribution in [3.8, 4) is 5.69 Å². The summed E-state index contributed by atoms with van der Waals surface area (Å²) >= 11 is 1.50. The smallest absolute Gasteiger partial charge is 0.341 e. The minimum absolute atomic E-state index is 0.246. The number of benzene rings is 1. The fraction of sp³-hybridized carbons (Fsp3) is 0.357. The lowest BCUT2D eigenvalue weighted by atomic mass is 9.95. The molecular weight excluding hydrogens is 472 g/mol. The summed E-state index contributed by atoms with van der Waals surface area (Å²) in [6.07, 6.45) is 6.04. The van der Waals surface area contributed by atoms with E-state index >= 15 is 0 Å². The van der Waals surface area contributed by atoms with E-state index < -0.39 is 0 Å². The van der Waals surface area contributed by atoms with E-state index in [2.05, 4.69) is 5.32 Å². The molecule has 36 heavy (non-hydrogen) atoms. The van der Waals surface area contributed by atoms with Gasteiger partial charge in [-0.25, -0.2) is 14.5 Å². The Hall–Kier alpha value is -3.52. The predicted molar refractivity (Wildman–Crippen MR) is 140 cm³/mol. The van der Waals surface area contributed by atoms with Crippen molar-refractivity contribution >= 4 is 39.2 Å². The fourth-order valence-corrected chi connectivity index (χ4v) is 6.34. The second kappa shape index (κ2) is 9.17. The predicted octanol–water partition coefficient (Wildman–Crippen LogP) is 5.98. The van der Waals surface area contributed by atoms with Gasteiger partial charge >= 0.3 is 5.97 Å². The minimum Gasteiger partial charge on any atom is -0.462 e. The Bertz CT molecular complexity index is 1480. The zero-order valence-electron chi connectivity index (χ0n) is 20.5. The molecule has 0 spiro atoms. The van der Waals surface area contributed by atoms with Gasteiger partial charge in [0.05, 0.1) is 34.5 Å². The number of pyridine rings is 1. The van der Waals surface area contributed by atoms with Crippen LogP contribution in [0.4, 0.5) is 5.00 Å². The molecule has 1 amide bonds. The van der Waals surface area contributed by atoms with Crippen LogP contribution in [-0.4, -0.2) is 33.2 Å². The number of hydrogen-bond acceptors (Lipinski definition) is 6. The lowest BCUT2D eigenvalue weighted by molar-refractivity contribution is 0.0526. The molecule has 1 aromatic carbocycles. The van der Waals surface area contributed by atoms with Gasteiger partial charge in [-0.2, -0.15) is 5.10 Å². The summed E-state index contributed by atoms with van der Waals surface area (Å²) < 4.78 is 7.19. The third kappa shape index (κ3) is 3.99. The van der Waals surface area contributed by atoms with Crippen molar-refractivity contribution in [2.24, 2.45) is 0 Å². The molecule has 184 valence electrons. The number of aromatic nitrogens is 3. The van der Waals surface area contributed by atoms with Crippen molar-refractivity contribution in [3.05, 3.63) is 69.4 Å². The zero-order valence-corrected chi connectivity index (χ0v) is 21.3. The van der Waals surface area contributed by atoms with E-state index in [9.17, 15) is 9.59 Å². The molecule has 0 atom stereocenters. The Morgan fingerprint density at radius 2 is 1.94 bits per heavy atom. The van der Waals surface area contributed by atoms with Crippen molar-refractivity contribution in [1.29, 1.82) is 0 Å². The molecule has 0 aliphatic heterocycles. The summed E-state index contributed by atoms with van der Waals surface area (Å²) in [5.41, 5.74) is 5.34. The van der Waals surface area contributed by atoms with Gasteiger partial charge in [0.15, 0.2) is 5.65 Å². The number of nitrogens with one attached hydrogen (secondary N) is 1. The number of anilines is 1. The van der Waals surface area contributed by atoms with Crippen molar-refractivity contribution in [2.75, 3.05) is 11.9 Å². The van der Waals surface area contributed by atoms with Crippen LogP contribution in [0.5, 0.6) is 0 Å². The first-order valence-electron chi connectivity index (χ1n) is 12.6. The molecule has 0 bridgehead atoms. The van der Waals surface area contributed by atoms with E-state index in [4.69, 9.17) is 14.8 Å². The first kappa shape index (κ1) is 22.9. The number of carbonyl (C=O) groups excluding carboxylic acids is 2. The molecule has 3 heterocycles. The summed E-state index contributed by atoms with van der Waals surface area (Å²) in [6, 6.07) is 11.8. The quantitative estimate of drug-likeness (QED) is 0.329. The number of hydrogen-bond donors (Lipinski definition) is 1. The Morgan fingerprint density at radius 3 is 2.69 bits per heavy atom. The molecule has 7 nitrogen and oxygen atoms in total. The third-order valence-corrected chi connectivity index (χ3v) is 8.16. The summed E-state index contributed by atoms with van der Waals surface area (Å²) in [5.74, 6) is -0.243. The molecular formula is C28H28N4O3S. The van der Waals surface area contributed by atoms with Gasteiger partial charge < -0.3 is 10.1 Å². The fourth-order valence-electron chi connectivity index (χ4n) is 5.07. The number of amides is 1. The van der Waals surface area contributed by atoms with Crippen LogP contribution in [0, 0.1) is 6.92 Å². The average Bonchev–Trinajstić information content (AvgIpc) is 3.60. The van der Waals surface area contributed by atoms with E-state index in [1.807, 2.05) is 48.0 Å². The van der Waals surface area contributed by atoms with E-state index in [1.165, 1.54) is 16.2 Å². The van der Waals surface area contributed by atoms with Crippen LogP contribution < -0.4 is 5.32 Å². The van der Waals surface area contributed by atoms with Crippen LogP contribution in [0.1, 0.15) is 81.1 Å². The standard InChI is InChI=1S/C28H28N4O3S/c1-3-35-28(34)24-19-11-7-8-12-22(19)36-27(24)30-26(33)20-15-21(17-13-14-17)29-25-23(20)16(2)31-32(25)18-9-5-4-6-10-18/h4-6,9-10,15,17H,3,7-8,11-14H2,1-2H3,(H,30,33). The number of fused-ring (bicyclic) bond motifs is 2. The Balaban J connectivity index is 1.46. The number of ether oxygens (including phenoxy) is 1. The zero-order chi connectivity index (χ0) is 24.8. The van der Waals surface area contributed by atoms with Crippen LogP contribution in [0.2, 0.25) is 0 Å². The summed E-state index contributed by atoms with van der Waals surface area (Å²) in [5, 5.41) is 9.16. The number of rotatable bonds is 6. The van der Waals surface area contributed by atoms with Crippen LogP contribution in [0.15, 0.2) is 36.4 Å². The van der Waals surface area contributed by atoms with E-state index in [0.29, 0.717) is 34.3 Å². The highest BCUT2D eigenvalue weighted by atomic mass is 32.1. The monoisotopic (exact) mass is 500 g/mol. The number of para-hydroxylation sites is 1. The summed E-state index contributed by atoms with van der Waals surface area (Å²) in [6.45, 7) is 4.00. The number of aryl methyl sites for hydroxylation is 2. The molecule has 8 heteroatoms. The van der Waals surface area contributed by atoms with Crippen LogP contribution in [0.25, 0.3) is 16.7 Å². The molecule has 0 unspecified atom stereocenters. The Kier molecular flexibility index (Phi) is 5.84. The molecule has 1 fully saturated rings. The number of nitrogens with zero attached hydrogens (tertiary/aromatic N) is 3. The molecule has 1 saturated carbocycles. The molecule has 0 saturated heterocycles. The number of esters is 1. The molecule has 2 aliphatic rings. The second-order valence-corrected chi connectivity index (χ2v) is 10.6. The molecule has 3 aromatic heterocycles. The van der Waals surface area contributed by atoms with Gasteiger partial charge in [0.25, 0.3) is 5.91 Å². The van der Waals surface area contributed by atoms with Gasteiger partial charge in [0.2, 0.25) is 0 Å². The average molecular weight is 501 g/mol. The SMILES string of the molecule is CCOC(=O)c1c(NC(=O)c2cc(C3CC3)nc3c2c(C)nn3-c2ccccc2)sc2c1CCCC2. The number of thiophene rings is 1. The highest BCUT2D eigenvalue weighted by Gasteiger charge is 2.31. The number of carbonyl (C=O) groups is 2. The second-order valence-electron chi connectivity index (χ2n) is 9.49. The van der Waals surface area contributed by atoms with Crippen molar-refractivity contribution in [1.82, 2.24) is 14.8 Å². The first-order chi connectivity index (χ1) is 17.5. The van der Waals surface area contributed by atoms with Gasteiger partial charge in [-0.05, 0) is 76.1 Å². The van der Waals surface area contributed by atoms with Crippen molar-refractivity contribution in [3.63, 3.8) is 0 Å². The third-order valence-electron chi connectivity index (χ3n) is 6.95. The van der Waals surface area contributed by atoms with E-state index in [1.54, 1.807) is 6.92 Å². The van der Waals surface area contributed by atoms with Crippen LogP contribution in [-0.2, 0) is 17.6 Å². The summed E-state index contributed by atoms with van der Waals surface area (Å²) in [4.78, 5) is 32.9. The minimum atomic E-state index is -0.362. The maximum absolute atomic E-state index is 13.8. The molecule has 2 aliphatic carbocycles. The topological polar surface area (TPSA) is 86.1 Å². The molecule has 0 radical (unpaired) electrons. The van der Waals surface area contributed by atoms with Gasteiger partial charge in [-0.15, -0.1) is 11.3 Å². The van der Waals surface area contributed by atoms with Gasteiger partial charge in [0, 0.05) is 16.5 Å². The normalized spacial score (nSPS) is 15.1. The lowest BCUT2D eigenvalue weighted by Gasteiger charge is -2.12. The van der Waals surface area contributed by atoms with E-state index in [-0.39, 0.29) is 11.9 Å². The molecule has 4 aromatic rings. The van der Waals surface area contributed by atoms with Gasteiger partial charge in [-0.1, -0.05) is 18.2 Å². The summed E-state index contributed by atoms with van der Waals surface area (Å²) in [7, 11) is 0. The van der Waals surface area contributed by atoms with Gasteiger partial charge in [-0.3, -0.25) is 4.79 Å². The Labute approximate surface area is 213 Å². The van der Waals surface area contributed by atoms with Crippen LogP contribution in [0.3, 0.4) is 0 Å². The van der Waals surface area contributed by atoms with Crippen LogP contribution >= 0.6 is 11.3 Å². The molecule has 6 rings (SSSR count). The first-order valence-corrected chi connectivity index (χ1v) is 13.5. The Morgan fingerprint density at radius 1 is 1.17 bits per heavy atom. The maximum Gasteiger partial charge on any atom is 0.341 e. The van der Waals surface area contributed by atoms with Crippen molar-refractivity contribution in [2.45, 2.75) is 58.3 Å². The van der Waals surface area contributed by atoms with Crippen molar-refractivity contribution < 1.29 is 14.3 Å². The lowest BCUT2D eigenvalue weighted by Crippen LogP contribution is -2.16. The van der Waals surface area contributed by atoms with E-state index in [0.717, 1.165) is 66.5 Å². The highest BCUT2D eigenvalue weighted by Crippen LogP contribution is 2.42.